The third kappa shape index (κ3) is 2.06. The first-order valence-electron chi connectivity index (χ1n) is 4.59. The van der Waals surface area contributed by atoms with E-state index in [1.54, 1.807) is 0 Å². The van der Waals surface area contributed by atoms with Gasteiger partial charge in [0.2, 0.25) is 11.8 Å². The van der Waals surface area contributed by atoms with Crippen molar-refractivity contribution in [2.24, 2.45) is 0 Å². The molecule has 1 fully saturated rings. The Bertz CT molecular complexity index is 189. The van der Waals surface area contributed by atoms with Gasteiger partial charge in [-0.25, -0.2) is 0 Å². The average Bonchev–Trinajstić information content (AvgIpc) is 2.02. The van der Waals surface area contributed by atoms with Crippen molar-refractivity contribution in [3.05, 3.63) is 0 Å². The normalized spacial score (nSPS) is 16.1. The minimum Gasteiger partial charge on any atom is -0.282 e. The topological polar surface area (TPSA) is 37.4 Å². The Balaban J connectivity index is 2.15. The summed E-state index contributed by atoms with van der Waals surface area (Å²) in [4.78, 5) is 23.4. The number of hydrogen-bond donors (Lipinski definition) is 0. The third-order valence-electron chi connectivity index (χ3n) is 2.15. The maximum absolute atomic E-state index is 11.2. The van der Waals surface area contributed by atoms with Crippen LogP contribution in [0.25, 0.3) is 0 Å². The number of unbranched alkanes of at least 4 members (excludes halogenated alkanes) is 2. The summed E-state index contributed by atoms with van der Waals surface area (Å²) in [6.07, 6.45) is 4.20. The van der Waals surface area contributed by atoms with Crippen LogP contribution in [0.15, 0.2) is 0 Å². The number of carbonyl (C=O) groups excluding carboxylic acids is 2. The van der Waals surface area contributed by atoms with Gasteiger partial charge in [-0.1, -0.05) is 19.8 Å². The molecule has 0 atom stereocenters. The Morgan fingerprint density at radius 2 is 2.25 bits per heavy atom. The van der Waals surface area contributed by atoms with E-state index >= 15 is 0 Å². The molecule has 0 aromatic heterocycles. The Kier molecular flexibility index (Phi) is 3.26. The van der Waals surface area contributed by atoms with Crippen LogP contribution >= 0.6 is 0 Å². The highest BCUT2D eigenvalue weighted by Gasteiger charge is 2.28. The Morgan fingerprint density at radius 3 is 2.67 bits per heavy atom. The zero-order chi connectivity index (χ0) is 8.97. The first kappa shape index (κ1) is 9.23. The SMILES string of the molecule is CCCCCC(=O)N1CCC1=O. The molecule has 1 saturated heterocycles. The van der Waals surface area contributed by atoms with Crippen LogP contribution in [0.4, 0.5) is 0 Å². The van der Waals surface area contributed by atoms with E-state index in [0.29, 0.717) is 19.4 Å². The molecule has 2 amide bonds. The molecular weight excluding hydrogens is 154 g/mol. The minimum atomic E-state index is -0.00324. The quantitative estimate of drug-likeness (QED) is 0.470. The molecule has 1 rings (SSSR count). The number of nitrogens with zero attached hydrogens (tertiary/aromatic N) is 1. The number of carbonyl (C=O) groups is 2. The maximum atomic E-state index is 11.2. The monoisotopic (exact) mass is 169 g/mol. The first-order valence-corrected chi connectivity index (χ1v) is 4.59. The van der Waals surface area contributed by atoms with Gasteiger partial charge in [0, 0.05) is 19.4 Å². The molecule has 1 aliphatic rings. The average molecular weight is 169 g/mol. The van der Waals surface area contributed by atoms with Crippen molar-refractivity contribution in [1.82, 2.24) is 4.90 Å². The van der Waals surface area contributed by atoms with Crippen molar-refractivity contribution in [2.75, 3.05) is 6.54 Å². The van der Waals surface area contributed by atoms with Crippen LogP contribution in [0.3, 0.4) is 0 Å². The number of rotatable bonds is 4. The highest BCUT2D eigenvalue weighted by molar-refractivity contribution is 5.99. The van der Waals surface area contributed by atoms with Crippen LogP contribution < -0.4 is 0 Å². The lowest BCUT2D eigenvalue weighted by Crippen LogP contribution is -2.47. The fraction of sp³-hybridized carbons (Fsp3) is 0.778. The lowest BCUT2D eigenvalue weighted by Gasteiger charge is -2.28. The van der Waals surface area contributed by atoms with Crippen molar-refractivity contribution < 1.29 is 9.59 Å². The van der Waals surface area contributed by atoms with E-state index in [9.17, 15) is 9.59 Å². The predicted molar refractivity (Wildman–Crippen MR) is 45.5 cm³/mol. The van der Waals surface area contributed by atoms with Gasteiger partial charge in [-0.3, -0.25) is 14.5 Å². The van der Waals surface area contributed by atoms with Gasteiger partial charge >= 0.3 is 0 Å². The molecule has 0 bridgehead atoms. The van der Waals surface area contributed by atoms with E-state index in [0.717, 1.165) is 19.3 Å². The number of likely N-dealkylation sites (tertiary alicyclic amines) is 1. The fourth-order valence-corrected chi connectivity index (χ4v) is 1.24. The lowest BCUT2D eigenvalue weighted by molar-refractivity contribution is -0.152. The van der Waals surface area contributed by atoms with Gasteiger partial charge in [0.25, 0.3) is 0 Å². The molecule has 1 heterocycles. The Morgan fingerprint density at radius 1 is 1.50 bits per heavy atom. The Hall–Kier alpha value is -0.860. The van der Waals surface area contributed by atoms with Crippen molar-refractivity contribution in [2.45, 2.75) is 39.0 Å². The molecule has 1 aliphatic heterocycles. The number of imide groups is 1. The van der Waals surface area contributed by atoms with Gasteiger partial charge in [0.05, 0.1) is 0 Å². The van der Waals surface area contributed by atoms with Crippen molar-refractivity contribution in [3.8, 4) is 0 Å². The second-order valence-electron chi connectivity index (χ2n) is 3.15. The predicted octanol–water partition coefficient (Wildman–Crippen LogP) is 1.33. The van der Waals surface area contributed by atoms with Crippen LogP contribution in [0.2, 0.25) is 0 Å². The van der Waals surface area contributed by atoms with Gasteiger partial charge in [-0.05, 0) is 6.42 Å². The molecule has 0 aromatic carbocycles. The highest BCUT2D eigenvalue weighted by Crippen LogP contribution is 2.12. The van der Waals surface area contributed by atoms with E-state index in [2.05, 4.69) is 6.92 Å². The molecule has 3 nitrogen and oxygen atoms in total. The summed E-state index contributed by atoms with van der Waals surface area (Å²) in [5, 5.41) is 0. The summed E-state index contributed by atoms with van der Waals surface area (Å²) in [6, 6.07) is 0. The van der Waals surface area contributed by atoms with E-state index in [1.165, 1.54) is 4.90 Å². The van der Waals surface area contributed by atoms with Gasteiger partial charge in [-0.15, -0.1) is 0 Å². The molecule has 0 saturated carbocycles. The van der Waals surface area contributed by atoms with E-state index in [4.69, 9.17) is 0 Å². The first-order chi connectivity index (χ1) is 5.75. The highest BCUT2D eigenvalue weighted by atomic mass is 16.2. The summed E-state index contributed by atoms with van der Waals surface area (Å²) >= 11 is 0. The summed E-state index contributed by atoms with van der Waals surface area (Å²) < 4.78 is 0. The summed E-state index contributed by atoms with van der Waals surface area (Å²) in [5.41, 5.74) is 0. The molecule has 0 radical (unpaired) electrons. The number of amides is 2. The zero-order valence-corrected chi connectivity index (χ0v) is 7.51. The second-order valence-corrected chi connectivity index (χ2v) is 3.15. The summed E-state index contributed by atoms with van der Waals surface area (Å²) in [6.45, 7) is 2.74. The van der Waals surface area contributed by atoms with E-state index in [-0.39, 0.29) is 11.8 Å². The van der Waals surface area contributed by atoms with Crippen LogP contribution in [0, 0.1) is 0 Å². The number of β-lactam (4-membered cyclic amide) rings is 1. The zero-order valence-electron chi connectivity index (χ0n) is 7.51. The lowest BCUT2D eigenvalue weighted by atomic mass is 10.1. The summed E-state index contributed by atoms with van der Waals surface area (Å²) in [5.74, 6) is 0.0104. The molecule has 0 aliphatic carbocycles. The van der Waals surface area contributed by atoms with Crippen molar-refractivity contribution in [3.63, 3.8) is 0 Å². The fourth-order valence-electron chi connectivity index (χ4n) is 1.24. The molecule has 68 valence electrons. The molecule has 0 unspecified atom stereocenters. The smallest absolute Gasteiger partial charge is 0.230 e. The van der Waals surface area contributed by atoms with E-state index < -0.39 is 0 Å². The van der Waals surface area contributed by atoms with Gasteiger partial charge in [0.1, 0.15) is 0 Å². The maximum Gasteiger partial charge on any atom is 0.230 e. The molecule has 0 spiro atoms. The molecular formula is C9H15NO2. The van der Waals surface area contributed by atoms with Crippen molar-refractivity contribution >= 4 is 11.8 Å². The largest absolute Gasteiger partial charge is 0.282 e. The minimum absolute atomic E-state index is 0.00324. The molecule has 0 N–H and O–H groups in total. The van der Waals surface area contributed by atoms with Crippen LogP contribution in [0.1, 0.15) is 39.0 Å². The molecule has 3 heteroatoms. The summed E-state index contributed by atoms with van der Waals surface area (Å²) in [7, 11) is 0. The molecule has 0 aromatic rings. The Labute approximate surface area is 72.7 Å². The van der Waals surface area contributed by atoms with Crippen LogP contribution in [0.5, 0.6) is 0 Å². The van der Waals surface area contributed by atoms with Crippen molar-refractivity contribution in [1.29, 1.82) is 0 Å². The van der Waals surface area contributed by atoms with Crippen LogP contribution in [-0.4, -0.2) is 23.3 Å². The third-order valence-corrected chi connectivity index (χ3v) is 2.15. The van der Waals surface area contributed by atoms with E-state index in [1.807, 2.05) is 0 Å². The second kappa shape index (κ2) is 4.24. The number of hydrogen-bond acceptors (Lipinski definition) is 2. The van der Waals surface area contributed by atoms with Gasteiger partial charge in [-0.2, -0.15) is 0 Å². The van der Waals surface area contributed by atoms with Gasteiger partial charge in [0.15, 0.2) is 0 Å². The van der Waals surface area contributed by atoms with Gasteiger partial charge < -0.3 is 0 Å². The molecule has 12 heavy (non-hydrogen) atoms. The van der Waals surface area contributed by atoms with Crippen LogP contribution in [-0.2, 0) is 9.59 Å². The standard InChI is InChI=1S/C9H15NO2/c1-2-3-4-5-8(11)10-7-6-9(10)12/h2-7H2,1H3.